The lowest BCUT2D eigenvalue weighted by Crippen LogP contribution is -2.21. The molecule has 0 radical (unpaired) electrons. The third kappa shape index (κ3) is 3.51. The van der Waals surface area contributed by atoms with E-state index in [0.29, 0.717) is 33.0 Å². The molecule has 0 bridgehead atoms. The zero-order valence-corrected chi connectivity index (χ0v) is 14.4. The molecule has 1 atom stereocenters. The summed E-state index contributed by atoms with van der Waals surface area (Å²) in [7, 11) is 0. The van der Waals surface area contributed by atoms with Crippen LogP contribution in [0.4, 0.5) is 0 Å². The van der Waals surface area contributed by atoms with E-state index in [0.717, 1.165) is 35.0 Å². The van der Waals surface area contributed by atoms with Crippen LogP contribution in [-0.2, 0) is 6.54 Å². The summed E-state index contributed by atoms with van der Waals surface area (Å²) in [6.45, 7) is 5.47. The molecule has 132 valence electrons. The molecule has 25 heavy (non-hydrogen) atoms. The molecule has 0 amide bonds. The Morgan fingerprint density at radius 2 is 1.68 bits per heavy atom. The number of ether oxygens (including phenoxy) is 4. The molecular formula is C20H23NO4. The standard InChI is InChI=1S/C20H23NO4/c1-14(15-6-7-17-19(12-15)23-9-3-8-22-17)21-13-16-4-2-5-18-20(16)25-11-10-24-18/h2,4-7,12,14,21H,3,8-11,13H2,1H3/t14-/m0/s1. The highest BCUT2D eigenvalue weighted by atomic mass is 16.6. The number of hydrogen-bond donors (Lipinski definition) is 1. The number of para-hydroxylation sites is 1. The molecule has 0 aliphatic carbocycles. The Kier molecular flexibility index (Phi) is 4.65. The maximum atomic E-state index is 5.79. The van der Waals surface area contributed by atoms with E-state index >= 15 is 0 Å². The first-order valence-corrected chi connectivity index (χ1v) is 8.82. The van der Waals surface area contributed by atoms with Crippen LogP contribution in [0.3, 0.4) is 0 Å². The van der Waals surface area contributed by atoms with Gasteiger partial charge in [-0.05, 0) is 30.7 Å². The minimum Gasteiger partial charge on any atom is -0.490 e. The van der Waals surface area contributed by atoms with Crippen molar-refractivity contribution in [1.82, 2.24) is 5.32 Å². The van der Waals surface area contributed by atoms with Gasteiger partial charge in [-0.25, -0.2) is 0 Å². The highest BCUT2D eigenvalue weighted by Crippen LogP contribution is 2.35. The Labute approximate surface area is 147 Å². The van der Waals surface area contributed by atoms with Gasteiger partial charge in [0, 0.05) is 24.6 Å². The van der Waals surface area contributed by atoms with Crippen LogP contribution in [0.1, 0.15) is 30.5 Å². The van der Waals surface area contributed by atoms with Crippen LogP contribution in [0.15, 0.2) is 36.4 Å². The summed E-state index contributed by atoms with van der Waals surface area (Å²) in [4.78, 5) is 0. The Balaban J connectivity index is 1.46. The van der Waals surface area contributed by atoms with Gasteiger partial charge in [0.2, 0.25) is 0 Å². The predicted octanol–water partition coefficient (Wildman–Crippen LogP) is 3.47. The monoisotopic (exact) mass is 341 g/mol. The van der Waals surface area contributed by atoms with E-state index in [4.69, 9.17) is 18.9 Å². The van der Waals surface area contributed by atoms with Crippen molar-refractivity contribution in [2.75, 3.05) is 26.4 Å². The average Bonchev–Trinajstić information content (AvgIpc) is 2.90. The van der Waals surface area contributed by atoms with Gasteiger partial charge in [0.1, 0.15) is 13.2 Å². The number of hydrogen-bond acceptors (Lipinski definition) is 5. The van der Waals surface area contributed by atoms with Crippen LogP contribution in [0.5, 0.6) is 23.0 Å². The maximum absolute atomic E-state index is 5.79. The number of nitrogens with one attached hydrogen (secondary N) is 1. The molecule has 2 heterocycles. The van der Waals surface area contributed by atoms with Crippen molar-refractivity contribution in [2.24, 2.45) is 0 Å². The lowest BCUT2D eigenvalue weighted by molar-refractivity contribution is 0.169. The quantitative estimate of drug-likeness (QED) is 0.923. The molecule has 0 aromatic heterocycles. The maximum Gasteiger partial charge on any atom is 0.165 e. The molecule has 0 saturated heterocycles. The lowest BCUT2D eigenvalue weighted by Gasteiger charge is -2.22. The molecule has 2 aromatic carbocycles. The number of rotatable bonds is 4. The Hall–Kier alpha value is -2.40. The zero-order valence-electron chi connectivity index (χ0n) is 14.4. The zero-order chi connectivity index (χ0) is 17.1. The normalized spacial score (nSPS) is 16.8. The molecular weight excluding hydrogens is 318 g/mol. The molecule has 2 aliphatic heterocycles. The lowest BCUT2D eigenvalue weighted by atomic mass is 10.1. The van der Waals surface area contributed by atoms with Crippen molar-refractivity contribution >= 4 is 0 Å². The summed E-state index contributed by atoms with van der Waals surface area (Å²) in [6.07, 6.45) is 0.916. The van der Waals surface area contributed by atoms with Crippen LogP contribution >= 0.6 is 0 Å². The first kappa shape index (κ1) is 16.1. The van der Waals surface area contributed by atoms with Gasteiger partial charge >= 0.3 is 0 Å². The van der Waals surface area contributed by atoms with Crippen LogP contribution in [0.2, 0.25) is 0 Å². The van der Waals surface area contributed by atoms with Gasteiger partial charge in [0.15, 0.2) is 23.0 Å². The molecule has 0 saturated carbocycles. The first-order valence-electron chi connectivity index (χ1n) is 8.82. The summed E-state index contributed by atoms with van der Waals surface area (Å²) < 4.78 is 22.9. The molecule has 4 rings (SSSR count). The van der Waals surface area contributed by atoms with E-state index in [9.17, 15) is 0 Å². The Morgan fingerprint density at radius 3 is 2.60 bits per heavy atom. The molecule has 5 heteroatoms. The van der Waals surface area contributed by atoms with Crippen LogP contribution in [0, 0.1) is 0 Å². The average molecular weight is 341 g/mol. The Morgan fingerprint density at radius 1 is 0.880 bits per heavy atom. The van der Waals surface area contributed by atoms with E-state index < -0.39 is 0 Å². The van der Waals surface area contributed by atoms with Crippen LogP contribution < -0.4 is 24.3 Å². The molecule has 0 unspecified atom stereocenters. The third-order valence-corrected chi connectivity index (χ3v) is 4.52. The largest absolute Gasteiger partial charge is 0.490 e. The summed E-state index contributed by atoms with van der Waals surface area (Å²) >= 11 is 0. The molecule has 2 aliphatic rings. The van der Waals surface area contributed by atoms with Crippen molar-refractivity contribution < 1.29 is 18.9 Å². The van der Waals surface area contributed by atoms with Crippen molar-refractivity contribution in [1.29, 1.82) is 0 Å². The summed E-state index contributed by atoms with van der Waals surface area (Å²) in [5, 5.41) is 3.56. The Bertz CT molecular complexity index is 746. The van der Waals surface area contributed by atoms with Crippen molar-refractivity contribution in [3.8, 4) is 23.0 Å². The molecule has 0 fully saturated rings. The third-order valence-electron chi connectivity index (χ3n) is 4.52. The topological polar surface area (TPSA) is 49.0 Å². The summed E-state index contributed by atoms with van der Waals surface area (Å²) in [5.41, 5.74) is 2.28. The fraction of sp³-hybridized carbons (Fsp3) is 0.400. The van der Waals surface area contributed by atoms with Crippen LogP contribution in [-0.4, -0.2) is 26.4 Å². The molecule has 1 N–H and O–H groups in total. The predicted molar refractivity (Wildman–Crippen MR) is 94.7 cm³/mol. The highest BCUT2D eigenvalue weighted by molar-refractivity contribution is 5.48. The second kappa shape index (κ2) is 7.23. The smallest absolute Gasteiger partial charge is 0.165 e. The molecule has 2 aromatic rings. The van der Waals surface area contributed by atoms with E-state index in [1.54, 1.807) is 0 Å². The van der Waals surface area contributed by atoms with Gasteiger partial charge in [0.25, 0.3) is 0 Å². The van der Waals surface area contributed by atoms with Crippen LogP contribution in [0.25, 0.3) is 0 Å². The summed E-state index contributed by atoms with van der Waals surface area (Å²) in [6, 6.07) is 12.4. The summed E-state index contributed by atoms with van der Waals surface area (Å²) in [5.74, 6) is 3.34. The molecule has 0 spiro atoms. The first-order chi connectivity index (χ1) is 12.3. The van der Waals surface area contributed by atoms with E-state index in [1.165, 1.54) is 5.56 Å². The van der Waals surface area contributed by atoms with Gasteiger partial charge in [-0.3, -0.25) is 0 Å². The number of benzene rings is 2. The van der Waals surface area contributed by atoms with Gasteiger partial charge in [-0.1, -0.05) is 18.2 Å². The van der Waals surface area contributed by atoms with Crippen molar-refractivity contribution in [3.05, 3.63) is 47.5 Å². The molecule has 5 nitrogen and oxygen atoms in total. The fourth-order valence-corrected chi connectivity index (χ4v) is 3.10. The van der Waals surface area contributed by atoms with Gasteiger partial charge in [-0.2, -0.15) is 0 Å². The van der Waals surface area contributed by atoms with Gasteiger partial charge < -0.3 is 24.3 Å². The van der Waals surface area contributed by atoms with E-state index in [2.05, 4.69) is 30.4 Å². The number of fused-ring (bicyclic) bond motifs is 2. The van der Waals surface area contributed by atoms with Crippen molar-refractivity contribution in [2.45, 2.75) is 25.9 Å². The SMILES string of the molecule is C[C@H](NCc1cccc2c1OCCO2)c1ccc2c(c1)OCCCO2. The minimum absolute atomic E-state index is 0.178. The minimum atomic E-state index is 0.178. The second-order valence-corrected chi connectivity index (χ2v) is 6.30. The van der Waals surface area contributed by atoms with Gasteiger partial charge in [-0.15, -0.1) is 0 Å². The van der Waals surface area contributed by atoms with E-state index in [-0.39, 0.29) is 6.04 Å². The second-order valence-electron chi connectivity index (χ2n) is 6.30. The van der Waals surface area contributed by atoms with Gasteiger partial charge in [0.05, 0.1) is 13.2 Å². The highest BCUT2D eigenvalue weighted by Gasteiger charge is 2.17. The van der Waals surface area contributed by atoms with Crippen molar-refractivity contribution in [3.63, 3.8) is 0 Å². The fourth-order valence-electron chi connectivity index (χ4n) is 3.10. The van der Waals surface area contributed by atoms with E-state index in [1.807, 2.05) is 18.2 Å².